The van der Waals surface area contributed by atoms with Crippen molar-refractivity contribution < 1.29 is 4.42 Å². The van der Waals surface area contributed by atoms with Crippen LogP contribution in [0, 0.1) is 0 Å². The normalized spacial score (nSPS) is 11.9. The molecule has 3 aromatic heterocycles. The third-order valence-electron chi connectivity index (χ3n) is 6.00. The molecule has 0 aliphatic heterocycles. The summed E-state index contributed by atoms with van der Waals surface area (Å²) in [6.45, 7) is 0. The van der Waals surface area contributed by atoms with Gasteiger partial charge in [0.15, 0.2) is 0 Å². The molecule has 0 unspecified atom stereocenters. The first kappa shape index (κ1) is 17.3. The first-order valence-corrected chi connectivity index (χ1v) is 12.0. The second-order valence-electron chi connectivity index (χ2n) is 7.88. The molecule has 0 saturated heterocycles. The van der Waals surface area contributed by atoms with E-state index in [4.69, 9.17) is 4.42 Å². The summed E-state index contributed by atoms with van der Waals surface area (Å²) in [7, 11) is 0. The third kappa shape index (κ3) is 2.74. The fraction of sp³-hybridized carbons (Fsp3) is 0. The lowest BCUT2D eigenvalue weighted by Gasteiger charge is -2.03. The van der Waals surface area contributed by atoms with Crippen LogP contribution in [0.1, 0.15) is 0 Å². The van der Waals surface area contributed by atoms with Crippen molar-refractivity contribution in [1.82, 2.24) is 0 Å². The van der Waals surface area contributed by atoms with E-state index in [1.807, 2.05) is 0 Å². The first-order valence-electron chi connectivity index (χ1n) is 10.2. The van der Waals surface area contributed by atoms with Crippen LogP contribution in [-0.2, 0) is 0 Å². The number of hydrogen-bond donors (Lipinski definition) is 0. The highest BCUT2D eigenvalue weighted by Gasteiger charge is 2.11. The summed E-state index contributed by atoms with van der Waals surface area (Å²) in [4.78, 5) is 2.59. The predicted molar refractivity (Wildman–Crippen MR) is 135 cm³/mol. The summed E-state index contributed by atoms with van der Waals surface area (Å²) in [6.07, 6.45) is 0. The highest BCUT2D eigenvalue weighted by molar-refractivity contribution is 7.13. The highest BCUT2D eigenvalue weighted by atomic mass is 32.1. The van der Waals surface area contributed by atoms with Gasteiger partial charge in [0, 0.05) is 20.5 Å². The van der Waals surface area contributed by atoms with Crippen molar-refractivity contribution in [2.45, 2.75) is 0 Å². The lowest BCUT2D eigenvalue weighted by atomic mass is 10.0. The van der Waals surface area contributed by atoms with Crippen molar-refractivity contribution >= 4 is 66.2 Å². The molecule has 0 N–H and O–H groups in total. The van der Waals surface area contributed by atoms with Crippen molar-refractivity contribution in [3.8, 4) is 20.9 Å². The summed E-state index contributed by atoms with van der Waals surface area (Å²) < 4.78 is 6.28. The summed E-state index contributed by atoms with van der Waals surface area (Å²) in [5.74, 6) is 0. The van der Waals surface area contributed by atoms with Crippen molar-refractivity contribution in [1.29, 1.82) is 0 Å². The molecular formula is C28H16OS2. The van der Waals surface area contributed by atoms with Crippen LogP contribution >= 0.6 is 22.7 Å². The maximum atomic E-state index is 6.28. The van der Waals surface area contributed by atoms with Crippen LogP contribution in [0.3, 0.4) is 0 Å². The highest BCUT2D eigenvalue weighted by Crippen LogP contribution is 2.37. The molecule has 0 aliphatic carbocycles. The molecule has 7 rings (SSSR count). The Bertz CT molecular complexity index is 1590. The Balaban J connectivity index is 1.47. The maximum absolute atomic E-state index is 6.28. The minimum atomic E-state index is 0.945. The van der Waals surface area contributed by atoms with Gasteiger partial charge in [0.2, 0.25) is 0 Å². The van der Waals surface area contributed by atoms with E-state index in [1.54, 1.807) is 22.7 Å². The third-order valence-corrected chi connectivity index (χ3v) is 7.84. The molecule has 0 amide bonds. The Hall–Kier alpha value is -3.40. The van der Waals surface area contributed by atoms with E-state index in [2.05, 4.69) is 95.7 Å². The molecule has 0 saturated carbocycles. The van der Waals surface area contributed by atoms with Crippen molar-refractivity contribution in [2.24, 2.45) is 0 Å². The largest absolute Gasteiger partial charge is 0.456 e. The molecule has 0 radical (unpaired) electrons. The van der Waals surface area contributed by atoms with Crippen molar-refractivity contribution in [3.63, 3.8) is 0 Å². The van der Waals surface area contributed by atoms with Gasteiger partial charge in [-0.15, -0.1) is 22.7 Å². The van der Waals surface area contributed by atoms with E-state index in [9.17, 15) is 0 Å². The molecule has 0 atom stereocenters. The molecule has 0 bridgehead atoms. The molecule has 7 aromatic rings. The van der Waals surface area contributed by atoms with Gasteiger partial charge in [-0.1, -0.05) is 36.4 Å². The summed E-state index contributed by atoms with van der Waals surface area (Å²) in [6, 6.07) is 30.8. The molecule has 4 aromatic carbocycles. The van der Waals surface area contributed by atoms with Crippen LogP contribution in [0.25, 0.3) is 64.4 Å². The zero-order valence-electron chi connectivity index (χ0n) is 16.5. The topological polar surface area (TPSA) is 13.1 Å². The molecule has 3 heterocycles. The summed E-state index contributed by atoms with van der Waals surface area (Å²) in [5, 5.41) is 11.5. The fourth-order valence-corrected chi connectivity index (χ4v) is 5.90. The summed E-state index contributed by atoms with van der Waals surface area (Å²) >= 11 is 3.55. The number of fused-ring (bicyclic) bond motifs is 5. The smallest absolute Gasteiger partial charge is 0.136 e. The minimum Gasteiger partial charge on any atom is -0.456 e. The van der Waals surface area contributed by atoms with E-state index in [0.717, 1.165) is 11.2 Å². The number of furan rings is 1. The quantitative estimate of drug-likeness (QED) is 0.265. The monoisotopic (exact) mass is 432 g/mol. The van der Waals surface area contributed by atoms with E-state index >= 15 is 0 Å². The Kier molecular flexibility index (Phi) is 3.65. The number of hydrogen-bond acceptors (Lipinski definition) is 3. The number of thiophene rings is 2. The van der Waals surface area contributed by atoms with Crippen LogP contribution in [0.5, 0.6) is 0 Å². The fourth-order valence-electron chi connectivity index (χ4n) is 4.45. The van der Waals surface area contributed by atoms with Crippen molar-refractivity contribution in [3.05, 3.63) is 95.7 Å². The predicted octanol–water partition coefficient (Wildman–Crippen LogP) is 9.35. The standard InChI is InChI=1S/C28H16OS2/c1-3-27(30-9-1)19-7-5-17-15-25-23(13-21(17)11-19)24-14-22-12-20(28-4-2-10-31-28)8-6-18(22)16-26(24)29-25/h1-16H. The molecule has 0 aliphatic rings. The van der Waals surface area contributed by atoms with Gasteiger partial charge in [-0.2, -0.15) is 0 Å². The van der Waals surface area contributed by atoms with Crippen LogP contribution in [0.15, 0.2) is 100 Å². The SMILES string of the molecule is c1csc(-c2ccc3cc4oc5cc6ccc(-c7cccs7)cc6cc5c4cc3c2)c1. The van der Waals surface area contributed by atoms with Crippen molar-refractivity contribution in [2.75, 3.05) is 0 Å². The Morgan fingerprint density at radius 3 is 1.45 bits per heavy atom. The molecule has 1 nitrogen and oxygen atoms in total. The van der Waals surface area contributed by atoms with Gasteiger partial charge in [0.1, 0.15) is 11.2 Å². The molecule has 31 heavy (non-hydrogen) atoms. The Morgan fingerprint density at radius 2 is 1.00 bits per heavy atom. The van der Waals surface area contributed by atoms with Gasteiger partial charge >= 0.3 is 0 Å². The lowest BCUT2D eigenvalue weighted by molar-refractivity contribution is 0.670. The van der Waals surface area contributed by atoms with Gasteiger partial charge in [0.05, 0.1) is 0 Å². The van der Waals surface area contributed by atoms with Crippen LogP contribution in [0.4, 0.5) is 0 Å². The van der Waals surface area contributed by atoms with Gasteiger partial charge in [-0.05, 0) is 92.0 Å². The first-order chi connectivity index (χ1) is 15.3. The van der Waals surface area contributed by atoms with E-state index in [0.29, 0.717) is 0 Å². The molecule has 0 spiro atoms. The second-order valence-corrected chi connectivity index (χ2v) is 9.77. The summed E-state index contributed by atoms with van der Waals surface area (Å²) in [5.41, 5.74) is 4.42. The van der Waals surface area contributed by atoms with E-state index in [-0.39, 0.29) is 0 Å². The van der Waals surface area contributed by atoms with Crippen LogP contribution in [0.2, 0.25) is 0 Å². The maximum Gasteiger partial charge on any atom is 0.136 e. The zero-order chi connectivity index (χ0) is 20.4. The van der Waals surface area contributed by atoms with Gasteiger partial charge in [-0.25, -0.2) is 0 Å². The lowest BCUT2D eigenvalue weighted by Crippen LogP contribution is -1.78. The van der Waals surface area contributed by atoms with Gasteiger partial charge in [0.25, 0.3) is 0 Å². The molecule has 146 valence electrons. The molecule has 3 heteroatoms. The average molecular weight is 433 g/mol. The Morgan fingerprint density at radius 1 is 0.484 bits per heavy atom. The average Bonchev–Trinajstić information content (AvgIpc) is 3.57. The zero-order valence-corrected chi connectivity index (χ0v) is 18.1. The van der Waals surface area contributed by atoms with E-state index in [1.165, 1.54) is 53.2 Å². The Labute approximate surface area is 186 Å². The van der Waals surface area contributed by atoms with Crippen LogP contribution in [-0.4, -0.2) is 0 Å². The van der Waals surface area contributed by atoms with E-state index < -0.39 is 0 Å². The number of benzene rings is 4. The minimum absolute atomic E-state index is 0.945. The number of rotatable bonds is 2. The van der Waals surface area contributed by atoms with Gasteiger partial charge < -0.3 is 4.42 Å². The van der Waals surface area contributed by atoms with Crippen LogP contribution < -0.4 is 0 Å². The molecule has 0 fully saturated rings. The molecular weight excluding hydrogens is 416 g/mol. The van der Waals surface area contributed by atoms with Gasteiger partial charge in [-0.3, -0.25) is 0 Å². The second kappa shape index (κ2) is 6.55.